The number of carbonyl (C=O) groups is 2. The van der Waals surface area contributed by atoms with Gasteiger partial charge >= 0.3 is 5.97 Å². The Morgan fingerprint density at radius 1 is 1.08 bits per heavy atom. The maximum atomic E-state index is 12.2. The van der Waals surface area contributed by atoms with Crippen molar-refractivity contribution in [3.63, 3.8) is 0 Å². The number of benzene rings is 2. The number of carbonyl (C=O) groups excluding carboxylic acids is 2. The van der Waals surface area contributed by atoms with Crippen LogP contribution in [0.1, 0.15) is 10.4 Å². The molecule has 1 amide bonds. The first-order valence-corrected chi connectivity index (χ1v) is 7.48. The van der Waals surface area contributed by atoms with Gasteiger partial charge in [-0.3, -0.25) is 4.79 Å². The third kappa shape index (κ3) is 3.86. The number of aromatic nitrogens is 4. The molecule has 0 saturated carbocycles. The lowest BCUT2D eigenvalue weighted by molar-refractivity contribution is -0.117. The zero-order chi connectivity index (χ0) is 17.6. The van der Waals surface area contributed by atoms with Crippen molar-refractivity contribution in [2.75, 3.05) is 12.4 Å². The molecule has 0 aliphatic carbocycles. The SMILES string of the molecule is COC(=O)c1ccccc1NC(=O)Cn1nnc(-c2ccccc2)n1. The lowest BCUT2D eigenvalue weighted by Gasteiger charge is -2.08. The minimum atomic E-state index is -0.527. The summed E-state index contributed by atoms with van der Waals surface area (Å²) in [5.41, 5.74) is 1.45. The van der Waals surface area contributed by atoms with Crippen molar-refractivity contribution in [3.05, 3.63) is 60.2 Å². The molecule has 0 aliphatic heterocycles. The Morgan fingerprint density at radius 3 is 2.56 bits per heavy atom. The molecule has 8 heteroatoms. The number of tetrazole rings is 1. The molecule has 1 N–H and O–H groups in total. The van der Waals surface area contributed by atoms with Crippen molar-refractivity contribution in [3.8, 4) is 11.4 Å². The fraction of sp³-hybridized carbons (Fsp3) is 0.118. The van der Waals surface area contributed by atoms with Gasteiger partial charge in [0.2, 0.25) is 11.7 Å². The molecule has 0 radical (unpaired) electrons. The average Bonchev–Trinajstić information content (AvgIpc) is 3.10. The quantitative estimate of drug-likeness (QED) is 0.712. The van der Waals surface area contributed by atoms with Gasteiger partial charge in [0.15, 0.2) is 0 Å². The Kier molecular flexibility index (Phi) is 4.79. The molecular weight excluding hydrogens is 322 g/mol. The van der Waals surface area contributed by atoms with Gasteiger partial charge in [-0.15, -0.1) is 10.2 Å². The number of esters is 1. The fourth-order valence-corrected chi connectivity index (χ4v) is 2.21. The number of hydrogen-bond acceptors (Lipinski definition) is 6. The number of nitrogens with one attached hydrogen (secondary N) is 1. The second-order valence-electron chi connectivity index (χ2n) is 5.09. The number of nitrogens with zero attached hydrogens (tertiary/aromatic N) is 4. The molecule has 0 saturated heterocycles. The molecular formula is C17H15N5O3. The van der Waals surface area contributed by atoms with E-state index >= 15 is 0 Å². The minimum absolute atomic E-state index is 0.130. The standard InChI is InChI=1S/C17H15N5O3/c1-25-17(24)13-9-5-6-10-14(13)18-15(23)11-22-20-16(19-21-22)12-7-3-2-4-8-12/h2-10H,11H2,1H3,(H,18,23). The molecule has 0 fully saturated rings. The first-order chi connectivity index (χ1) is 12.2. The molecule has 1 aromatic heterocycles. The number of hydrogen-bond donors (Lipinski definition) is 1. The summed E-state index contributed by atoms with van der Waals surface area (Å²) >= 11 is 0. The predicted molar refractivity (Wildman–Crippen MR) is 89.7 cm³/mol. The van der Waals surface area contributed by atoms with Crippen LogP contribution in [-0.4, -0.2) is 39.2 Å². The summed E-state index contributed by atoms with van der Waals surface area (Å²) in [5.74, 6) is -0.474. The lowest BCUT2D eigenvalue weighted by atomic mass is 10.2. The third-order valence-corrected chi connectivity index (χ3v) is 3.38. The van der Waals surface area contributed by atoms with Crippen LogP contribution in [0.15, 0.2) is 54.6 Å². The van der Waals surface area contributed by atoms with Crippen LogP contribution in [0.5, 0.6) is 0 Å². The van der Waals surface area contributed by atoms with Gasteiger partial charge in [-0.1, -0.05) is 42.5 Å². The predicted octanol–water partition coefficient (Wildman–Crippen LogP) is 1.77. The maximum absolute atomic E-state index is 12.2. The van der Waals surface area contributed by atoms with Crippen LogP contribution in [0.25, 0.3) is 11.4 Å². The number of amides is 1. The van der Waals surface area contributed by atoms with Crippen LogP contribution in [0.2, 0.25) is 0 Å². The Balaban J connectivity index is 1.70. The largest absolute Gasteiger partial charge is 0.465 e. The summed E-state index contributed by atoms with van der Waals surface area (Å²) < 4.78 is 4.70. The summed E-state index contributed by atoms with van der Waals surface area (Å²) in [6.45, 7) is -0.130. The molecule has 3 aromatic rings. The molecule has 0 spiro atoms. The molecule has 126 valence electrons. The van der Waals surface area contributed by atoms with Crippen LogP contribution >= 0.6 is 0 Å². The molecule has 25 heavy (non-hydrogen) atoms. The van der Waals surface area contributed by atoms with E-state index in [1.165, 1.54) is 11.9 Å². The van der Waals surface area contributed by atoms with E-state index in [9.17, 15) is 9.59 Å². The summed E-state index contributed by atoms with van der Waals surface area (Å²) in [6, 6.07) is 15.9. The van der Waals surface area contributed by atoms with Crippen LogP contribution in [0.3, 0.4) is 0 Å². The van der Waals surface area contributed by atoms with Gasteiger partial charge in [0.05, 0.1) is 18.4 Å². The minimum Gasteiger partial charge on any atom is -0.465 e. The summed E-state index contributed by atoms with van der Waals surface area (Å²) in [4.78, 5) is 25.1. The average molecular weight is 337 g/mol. The van der Waals surface area contributed by atoms with E-state index in [4.69, 9.17) is 4.74 Å². The maximum Gasteiger partial charge on any atom is 0.339 e. The molecule has 0 unspecified atom stereocenters. The van der Waals surface area contributed by atoms with Gasteiger partial charge in [0, 0.05) is 5.56 Å². The van der Waals surface area contributed by atoms with E-state index < -0.39 is 5.97 Å². The van der Waals surface area contributed by atoms with Crippen molar-refractivity contribution in [2.45, 2.75) is 6.54 Å². The Morgan fingerprint density at radius 2 is 1.80 bits per heavy atom. The number of ether oxygens (including phenoxy) is 1. The highest BCUT2D eigenvalue weighted by molar-refractivity contribution is 6.01. The van der Waals surface area contributed by atoms with Gasteiger partial charge < -0.3 is 10.1 Å². The molecule has 1 heterocycles. The van der Waals surface area contributed by atoms with Crippen molar-refractivity contribution in [2.24, 2.45) is 0 Å². The Labute approximate surface area is 143 Å². The first-order valence-electron chi connectivity index (χ1n) is 7.48. The highest BCUT2D eigenvalue weighted by atomic mass is 16.5. The molecule has 0 aliphatic rings. The molecule has 3 rings (SSSR count). The van der Waals surface area contributed by atoms with Gasteiger partial charge in [-0.25, -0.2) is 4.79 Å². The number of anilines is 1. The zero-order valence-electron chi connectivity index (χ0n) is 13.4. The second kappa shape index (κ2) is 7.35. The molecule has 8 nitrogen and oxygen atoms in total. The zero-order valence-corrected chi connectivity index (χ0v) is 13.4. The van der Waals surface area contributed by atoms with E-state index in [-0.39, 0.29) is 18.0 Å². The van der Waals surface area contributed by atoms with Gasteiger partial charge in [-0.2, -0.15) is 4.80 Å². The lowest BCUT2D eigenvalue weighted by Crippen LogP contribution is -2.22. The van der Waals surface area contributed by atoms with Crippen LogP contribution in [0.4, 0.5) is 5.69 Å². The van der Waals surface area contributed by atoms with Gasteiger partial charge in [-0.05, 0) is 17.3 Å². The monoisotopic (exact) mass is 337 g/mol. The van der Waals surface area contributed by atoms with E-state index in [2.05, 4.69) is 20.7 Å². The number of rotatable bonds is 5. The highest BCUT2D eigenvalue weighted by Crippen LogP contribution is 2.16. The fourth-order valence-electron chi connectivity index (χ4n) is 2.21. The van der Waals surface area contributed by atoms with E-state index in [0.717, 1.165) is 5.56 Å². The Hall–Kier alpha value is -3.55. The smallest absolute Gasteiger partial charge is 0.339 e. The number of methoxy groups -OCH3 is 1. The van der Waals surface area contributed by atoms with Crippen LogP contribution < -0.4 is 5.32 Å². The molecule has 0 atom stereocenters. The Bertz CT molecular complexity index is 892. The topological polar surface area (TPSA) is 99.0 Å². The van der Waals surface area contributed by atoms with Crippen molar-refractivity contribution in [1.82, 2.24) is 20.2 Å². The third-order valence-electron chi connectivity index (χ3n) is 3.38. The van der Waals surface area contributed by atoms with E-state index in [1.54, 1.807) is 24.3 Å². The summed E-state index contributed by atoms with van der Waals surface area (Å²) in [6.07, 6.45) is 0. The first kappa shape index (κ1) is 16.3. The van der Waals surface area contributed by atoms with Crippen molar-refractivity contribution in [1.29, 1.82) is 0 Å². The van der Waals surface area contributed by atoms with Crippen molar-refractivity contribution >= 4 is 17.6 Å². The van der Waals surface area contributed by atoms with Gasteiger partial charge in [0.1, 0.15) is 6.54 Å². The second-order valence-corrected chi connectivity index (χ2v) is 5.09. The molecule has 0 bridgehead atoms. The van der Waals surface area contributed by atoms with Crippen molar-refractivity contribution < 1.29 is 14.3 Å². The summed E-state index contributed by atoms with van der Waals surface area (Å²) in [5, 5.41) is 14.6. The van der Waals surface area contributed by atoms with E-state index in [1.807, 2.05) is 30.3 Å². The highest BCUT2D eigenvalue weighted by Gasteiger charge is 2.14. The van der Waals surface area contributed by atoms with E-state index in [0.29, 0.717) is 11.5 Å². The number of para-hydroxylation sites is 1. The van der Waals surface area contributed by atoms with Crippen LogP contribution in [0, 0.1) is 0 Å². The molecule has 2 aromatic carbocycles. The summed E-state index contributed by atoms with van der Waals surface area (Å²) in [7, 11) is 1.28. The normalized spacial score (nSPS) is 10.3. The van der Waals surface area contributed by atoms with Gasteiger partial charge in [0.25, 0.3) is 0 Å². The van der Waals surface area contributed by atoms with Crippen LogP contribution in [-0.2, 0) is 16.1 Å².